The molecule has 1 heterocycles. The van der Waals surface area contributed by atoms with Crippen LogP contribution in [0.3, 0.4) is 0 Å². The van der Waals surface area contributed by atoms with E-state index in [2.05, 4.69) is 11.3 Å². The van der Waals surface area contributed by atoms with Crippen molar-refractivity contribution in [3.05, 3.63) is 48.2 Å². The first-order valence-corrected chi connectivity index (χ1v) is 7.44. The number of esters is 1. The fraction of sp³-hybridized carbons (Fsp3) is 0.333. The Hall–Kier alpha value is -2.60. The quantitative estimate of drug-likeness (QED) is 0.690. The van der Waals surface area contributed by atoms with Crippen LogP contribution < -0.4 is 0 Å². The average Bonchev–Trinajstić information content (AvgIpc) is 2.91. The van der Waals surface area contributed by atoms with E-state index in [9.17, 15) is 14.7 Å². The Morgan fingerprint density at radius 2 is 1.88 bits per heavy atom. The summed E-state index contributed by atoms with van der Waals surface area (Å²) in [6, 6.07) is 7.03. The van der Waals surface area contributed by atoms with Gasteiger partial charge < -0.3 is 14.6 Å². The molecular weight excluding hydrogens is 310 g/mol. The zero-order chi connectivity index (χ0) is 18.1. The first-order valence-electron chi connectivity index (χ1n) is 7.44. The molecule has 2 rings (SSSR count). The van der Waals surface area contributed by atoms with E-state index in [4.69, 9.17) is 4.74 Å². The summed E-state index contributed by atoms with van der Waals surface area (Å²) in [5, 5.41) is 11.1. The van der Waals surface area contributed by atoms with Crippen molar-refractivity contribution in [1.29, 1.82) is 0 Å². The summed E-state index contributed by atoms with van der Waals surface area (Å²) in [7, 11) is 1.21. The van der Waals surface area contributed by atoms with Gasteiger partial charge in [0.15, 0.2) is 0 Å². The van der Waals surface area contributed by atoms with Crippen LogP contribution in [-0.2, 0) is 14.3 Å². The summed E-state index contributed by atoms with van der Waals surface area (Å²) in [5.74, 6) is -0.711. The van der Waals surface area contributed by atoms with E-state index in [0.717, 1.165) is 0 Å². The number of ether oxygens (including phenoxy) is 2. The Morgan fingerprint density at radius 3 is 2.46 bits per heavy atom. The van der Waals surface area contributed by atoms with Gasteiger partial charge in [0.1, 0.15) is 11.7 Å². The van der Waals surface area contributed by atoms with E-state index in [-0.39, 0.29) is 5.57 Å². The highest BCUT2D eigenvalue weighted by Crippen LogP contribution is 2.31. The second kappa shape index (κ2) is 6.49. The zero-order valence-electron chi connectivity index (χ0n) is 14.2. The van der Waals surface area contributed by atoms with Gasteiger partial charge in [0, 0.05) is 17.1 Å². The Balaban J connectivity index is 2.52. The molecule has 1 N–H and O–H groups in total. The minimum absolute atomic E-state index is 0.107. The molecule has 0 fully saturated rings. The summed E-state index contributed by atoms with van der Waals surface area (Å²) in [5.41, 5.74) is 0.187. The van der Waals surface area contributed by atoms with Crippen molar-refractivity contribution in [3.63, 3.8) is 0 Å². The van der Waals surface area contributed by atoms with Gasteiger partial charge >= 0.3 is 12.1 Å². The summed E-state index contributed by atoms with van der Waals surface area (Å²) in [6.07, 6.45) is -0.399. The number of hydrogen-bond acceptors (Lipinski definition) is 5. The van der Waals surface area contributed by atoms with Crippen molar-refractivity contribution in [1.82, 2.24) is 4.57 Å². The Kier molecular flexibility index (Phi) is 4.80. The van der Waals surface area contributed by atoms with Gasteiger partial charge in [0.25, 0.3) is 0 Å². The molecule has 0 amide bonds. The topological polar surface area (TPSA) is 77.8 Å². The number of rotatable bonds is 3. The van der Waals surface area contributed by atoms with Gasteiger partial charge in [-0.25, -0.2) is 9.59 Å². The predicted octanol–water partition coefficient (Wildman–Crippen LogP) is 3.19. The maximum Gasteiger partial charge on any atom is 0.419 e. The van der Waals surface area contributed by atoms with E-state index < -0.39 is 23.8 Å². The lowest BCUT2D eigenvalue weighted by molar-refractivity contribution is -0.137. The monoisotopic (exact) mass is 331 g/mol. The van der Waals surface area contributed by atoms with Crippen LogP contribution in [0.25, 0.3) is 10.9 Å². The Morgan fingerprint density at radius 1 is 1.25 bits per heavy atom. The molecule has 1 aromatic carbocycles. The third-order valence-electron chi connectivity index (χ3n) is 3.41. The van der Waals surface area contributed by atoms with Crippen molar-refractivity contribution in [3.8, 4) is 0 Å². The molecular formula is C18H21NO5. The molecule has 0 aliphatic carbocycles. The largest absolute Gasteiger partial charge is 0.466 e. The normalized spacial score (nSPS) is 12.7. The van der Waals surface area contributed by atoms with E-state index in [1.807, 2.05) is 0 Å². The van der Waals surface area contributed by atoms with E-state index in [1.165, 1.54) is 17.9 Å². The number of hydrogen-bond donors (Lipinski definition) is 1. The Bertz CT molecular complexity index is 797. The third kappa shape index (κ3) is 3.49. The molecule has 0 saturated heterocycles. The van der Waals surface area contributed by atoms with Crippen LogP contribution in [0.1, 0.15) is 32.4 Å². The number of nitrogens with zero attached hydrogens (tertiary/aromatic N) is 1. The van der Waals surface area contributed by atoms with E-state index in [1.54, 1.807) is 45.0 Å². The highest BCUT2D eigenvalue weighted by molar-refractivity contribution is 5.95. The smallest absolute Gasteiger partial charge is 0.419 e. The van der Waals surface area contributed by atoms with Crippen LogP contribution in [0, 0.1) is 0 Å². The molecule has 24 heavy (non-hydrogen) atoms. The first kappa shape index (κ1) is 17.7. The zero-order valence-corrected chi connectivity index (χ0v) is 14.2. The number of aliphatic hydroxyl groups excluding tert-OH is 1. The van der Waals surface area contributed by atoms with Gasteiger partial charge in [0.05, 0.1) is 18.2 Å². The molecule has 0 aliphatic rings. The average molecular weight is 331 g/mol. The maximum atomic E-state index is 12.4. The number of aliphatic hydroxyl groups is 1. The molecule has 0 aliphatic heterocycles. The van der Waals surface area contributed by atoms with Crippen molar-refractivity contribution in [2.24, 2.45) is 0 Å². The van der Waals surface area contributed by atoms with Crippen molar-refractivity contribution in [2.75, 3.05) is 7.11 Å². The summed E-state index contributed by atoms with van der Waals surface area (Å²) in [6.45, 7) is 8.88. The standard InChI is InChI=1S/C18H21NO5/c1-11(16(21)23-5)15(20)13-10-19(17(22)24-18(2,3)4)14-9-7-6-8-12(13)14/h6-10,15,20H,1H2,2-5H3. The summed E-state index contributed by atoms with van der Waals surface area (Å²) >= 11 is 0. The van der Waals surface area contributed by atoms with Crippen LogP contribution in [0.5, 0.6) is 0 Å². The van der Waals surface area contributed by atoms with E-state index >= 15 is 0 Å². The minimum atomic E-state index is -1.29. The molecule has 0 radical (unpaired) electrons. The van der Waals surface area contributed by atoms with Crippen molar-refractivity contribution >= 4 is 23.0 Å². The summed E-state index contributed by atoms with van der Waals surface area (Å²) < 4.78 is 11.3. The van der Waals surface area contributed by atoms with Crippen molar-refractivity contribution < 1.29 is 24.2 Å². The molecule has 2 aromatic rings. The van der Waals surface area contributed by atoms with Crippen LogP contribution in [-0.4, -0.2) is 34.4 Å². The lowest BCUT2D eigenvalue weighted by atomic mass is 10.0. The molecule has 6 nitrogen and oxygen atoms in total. The maximum absolute atomic E-state index is 12.4. The molecule has 0 saturated carbocycles. The lowest BCUT2D eigenvalue weighted by Crippen LogP contribution is -2.26. The highest BCUT2D eigenvalue weighted by atomic mass is 16.6. The van der Waals surface area contributed by atoms with Crippen LogP contribution >= 0.6 is 0 Å². The fourth-order valence-electron chi connectivity index (χ4n) is 2.32. The lowest BCUT2D eigenvalue weighted by Gasteiger charge is -2.19. The minimum Gasteiger partial charge on any atom is -0.466 e. The van der Waals surface area contributed by atoms with Gasteiger partial charge in [-0.05, 0) is 26.8 Å². The van der Waals surface area contributed by atoms with Gasteiger partial charge in [-0.1, -0.05) is 24.8 Å². The number of benzene rings is 1. The molecule has 128 valence electrons. The second-order valence-electron chi connectivity index (χ2n) is 6.37. The first-order chi connectivity index (χ1) is 11.2. The van der Waals surface area contributed by atoms with Crippen molar-refractivity contribution in [2.45, 2.75) is 32.5 Å². The molecule has 1 atom stereocenters. The summed E-state index contributed by atoms with van der Waals surface area (Å²) in [4.78, 5) is 24.0. The number of fused-ring (bicyclic) bond motifs is 1. The van der Waals surface area contributed by atoms with Gasteiger partial charge in [-0.2, -0.15) is 0 Å². The van der Waals surface area contributed by atoms with Crippen LogP contribution in [0.4, 0.5) is 4.79 Å². The SMILES string of the molecule is C=C(C(=O)OC)C(O)c1cn(C(=O)OC(C)(C)C)c2ccccc12. The molecule has 1 aromatic heterocycles. The molecule has 1 unspecified atom stereocenters. The Labute approximate surface area is 140 Å². The molecule has 0 bridgehead atoms. The highest BCUT2D eigenvalue weighted by Gasteiger charge is 2.26. The van der Waals surface area contributed by atoms with Gasteiger partial charge in [-0.15, -0.1) is 0 Å². The van der Waals surface area contributed by atoms with Gasteiger partial charge in [0.2, 0.25) is 0 Å². The number of carbonyl (C=O) groups excluding carboxylic acids is 2. The molecule has 0 spiro atoms. The fourth-order valence-corrected chi connectivity index (χ4v) is 2.32. The number of aromatic nitrogens is 1. The van der Waals surface area contributed by atoms with E-state index in [0.29, 0.717) is 16.5 Å². The number of methoxy groups -OCH3 is 1. The van der Waals surface area contributed by atoms with Gasteiger partial charge in [-0.3, -0.25) is 4.57 Å². The predicted molar refractivity (Wildman–Crippen MR) is 89.7 cm³/mol. The molecule has 6 heteroatoms. The van der Waals surface area contributed by atoms with Crippen LogP contribution in [0.15, 0.2) is 42.6 Å². The third-order valence-corrected chi connectivity index (χ3v) is 3.41. The second-order valence-corrected chi connectivity index (χ2v) is 6.37. The number of carbonyl (C=O) groups is 2. The number of para-hydroxylation sites is 1. The van der Waals surface area contributed by atoms with Crippen LogP contribution in [0.2, 0.25) is 0 Å².